The lowest BCUT2D eigenvalue weighted by Crippen LogP contribution is -2.18. The highest BCUT2D eigenvalue weighted by atomic mass is 16.5. The van der Waals surface area contributed by atoms with Crippen molar-refractivity contribution >= 4 is 11.9 Å². The number of unbranched alkanes of at least 4 members (excludes halogenated alkanes) is 18. The molecule has 0 aromatic rings. The fourth-order valence-electron chi connectivity index (χ4n) is 4.59. The molecule has 0 radical (unpaired) electrons. The molecule has 0 fully saturated rings. The molecule has 0 saturated carbocycles. The van der Waals surface area contributed by atoms with E-state index in [-0.39, 0.29) is 18.5 Å². The summed E-state index contributed by atoms with van der Waals surface area (Å²) in [4.78, 5) is 23.0. The number of carbonyl (C=O) groups excluding carboxylic acids is 1. The standard InChI is InChI=1S/C30H58O4/c1-3-5-7-9-11-13-16-20-24-28(25-21-17-14-12-10-8-6-4-2)34-30(33)27-23-19-15-18-22-26-29(31)32/h28H,3-27H2,1-2H3,(H,31,32). The molecule has 0 unspecified atom stereocenters. The monoisotopic (exact) mass is 482 g/mol. The Morgan fingerprint density at radius 3 is 1.29 bits per heavy atom. The predicted octanol–water partition coefficient (Wildman–Crippen LogP) is 9.78. The fourth-order valence-corrected chi connectivity index (χ4v) is 4.59. The van der Waals surface area contributed by atoms with Crippen LogP contribution in [-0.4, -0.2) is 23.1 Å². The molecule has 0 aliphatic carbocycles. The number of aliphatic carboxylic acids is 1. The molecule has 4 heteroatoms. The largest absolute Gasteiger partial charge is 0.481 e. The van der Waals surface area contributed by atoms with Crippen molar-refractivity contribution in [2.24, 2.45) is 0 Å². The van der Waals surface area contributed by atoms with E-state index >= 15 is 0 Å². The Labute approximate surface area is 212 Å². The molecule has 0 aromatic heterocycles. The normalized spacial score (nSPS) is 11.3. The van der Waals surface area contributed by atoms with Crippen molar-refractivity contribution in [1.29, 1.82) is 0 Å². The van der Waals surface area contributed by atoms with E-state index in [0.29, 0.717) is 6.42 Å². The van der Waals surface area contributed by atoms with E-state index in [1.165, 1.54) is 103 Å². The molecular formula is C30H58O4. The lowest BCUT2D eigenvalue weighted by atomic mass is 10.0. The summed E-state index contributed by atoms with van der Waals surface area (Å²) < 4.78 is 5.91. The minimum Gasteiger partial charge on any atom is -0.481 e. The van der Waals surface area contributed by atoms with Gasteiger partial charge in [0.15, 0.2) is 0 Å². The van der Waals surface area contributed by atoms with Gasteiger partial charge in [0, 0.05) is 12.8 Å². The maximum Gasteiger partial charge on any atom is 0.306 e. The van der Waals surface area contributed by atoms with Crippen LogP contribution in [-0.2, 0) is 14.3 Å². The van der Waals surface area contributed by atoms with Crippen molar-refractivity contribution < 1.29 is 19.4 Å². The van der Waals surface area contributed by atoms with Crippen LogP contribution in [0.15, 0.2) is 0 Å². The first-order chi connectivity index (χ1) is 16.6. The number of carboxylic acid groups (broad SMARTS) is 1. The van der Waals surface area contributed by atoms with Gasteiger partial charge in [-0.1, -0.05) is 123 Å². The molecule has 34 heavy (non-hydrogen) atoms. The smallest absolute Gasteiger partial charge is 0.306 e. The summed E-state index contributed by atoms with van der Waals surface area (Å²) >= 11 is 0. The van der Waals surface area contributed by atoms with Crippen LogP contribution in [0.4, 0.5) is 0 Å². The summed E-state index contributed by atoms with van der Waals surface area (Å²) in [5.74, 6) is -0.753. The molecule has 1 N–H and O–H groups in total. The molecule has 202 valence electrons. The number of rotatable bonds is 27. The van der Waals surface area contributed by atoms with Gasteiger partial charge in [-0.3, -0.25) is 9.59 Å². The lowest BCUT2D eigenvalue weighted by molar-refractivity contribution is -0.150. The van der Waals surface area contributed by atoms with Gasteiger partial charge < -0.3 is 9.84 Å². The van der Waals surface area contributed by atoms with E-state index in [2.05, 4.69) is 13.8 Å². The molecule has 0 spiro atoms. The number of hydrogen-bond acceptors (Lipinski definition) is 3. The SMILES string of the molecule is CCCCCCCCCCC(CCCCCCCCCC)OC(=O)CCCCCCCC(=O)O. The molecule has 0 rings (SSSR count). The number of carbonyl (C=O) groups is 2. The molecule has 0 amide bonds. The zero-order valence-electron chi connectivity index (χ0n) is 22.9. The van der Waals surface area contributed by atoms with Crippen LogP contribution in [0.2, 0.25) is 0 Å². The first-order valence-electron chi connectivity index (χ1n) is 15.0. The number of ether oxygens (including phenoxy) is 1. The average Bonchev–Trinajstić information content (AvgIpc) is 2.81. The van der Waals surface area contributed by atoms with Crippen molar-refractivity contribution in [3.8, 4) is 0 Å². The van der Waals surface area contributed by atoms with E-state index < -0.39 is 5.97 Å². The van der Waals surface area contributed by atoms with Crippen molar-refractivity contribution in [2.45, 2.75) is 180 Å². The van der Waals surface area contributed by atoms with Crippen LogP contribution in [0.5, 0.6) is 0 Å². The van der Waals surface area contributed by atoms with Crippen LogP contribution in [0.3, 0.4) is 0 Å². The molecule has 0 aliphatic rings. The van der Waals surface area contributed by atoms with E-state index in [9.17, 15) is 9.59 Å². The van der Waals surface area contributed by atoms with Gasteiger partial charge in [0.2, 0.25) is 0 Å². The quantitative estimate of drug-likeness (QED) is 0.0934. The highest BCUT2D eigenvalue weighted by Gasteiger charge is 2.14. The first-order valence-corrected chi connectivity index (χ1v) is 15.0. The third kappa shape index (κ3) is 25.6. The Morgan fingerprint density at radius 1 is 0.529 bits per heavy atom. The summed E-state index contributed by atoms with van der Waals surface area (Å²) in [7, 11) is 0. The summed E-state index contributed by atoms with van der Waals surface area (Å²) in [5.41, 5.74) is 0. The van der Waals surface area contributed by atoms with Gasteiger partial charge in [-0.2, -0.15) is 0 Å². The highest BCUT2D eigenvalue weighted by molar-refractivity contribution is 5.69. The maximum absolute atomic E-state index is 12.4. The molecule has 0 bridgehead atoms. The number of hydrogen-bond donors (Lipinski definition) is 1. The Kier molecular flexibility index (Phi) is 25.7. The van der Waals surface area contributed by atoms with Crippen LogP contribution in [0.1, 0.15) is 174 Å². The molecule has 0 heterocycles. The van der Waals surface area contributed by atoms with Crippen molar-refractivity contribution in [2.75, 3.05) is 0 Å². The lowest BCUT2D eigenvalue weighted by Gasteiger charge is -2.18. The predicted molar refractivity (Wildman–Crippen MR) is 144 cm³/mol. The zero-order valence-corrected chi connectivity index (χ0v) is 22.9. The third-order valence-electron chi connectivity index (χ3n) is 6.83. The molecule has 0 atom stereocenters. The second-order valence-electron chi connectivity index (χ2n) is 10.3. The van der Waals surface area contributed by atoms with Crippen molar-refractivity contribution in [3.05, 3.63) is 0 Å². The van der Waals surface area contributed by atoms with Crippen LogP contribution in [0, 0.1) is 0 Å². The summed E-state index contributed by atoms with van der Waals surface area (Å²) in [6, 6.07) is 0. The van der Waals surface area contributed by atoms with Crippen LogP contribution >= 0.6 is 0 Å². The van der Waals surface area contributed by atoms with Crippen LogP contribution in [0.25, 0.3) is 0 Å². The third-order valence-corrected chi connectivity index (χ3v) is 6.83. The Bertz CT molecular complexity index is 429. The van der Waals surface area contributed by atoms with Gasteiger partial charge in [-0.15, -0.1) is 0 Å². The molecule has 0 aliphatic heterocycles. The van der Waals surface area contributed by atoms with E-state index in [1.807, 2.05) is 0 Å². The fraction of sp³-hybridized carbons (Fsp3) is 0.933. The van der Waals surface area contributed by atoms with Gasteiger partial charge in [-0.05, 0) is 38.5 Å². The second-order valence-corrected chi connectivity index (χ2v) is 10.3. The van der Waals surface area contributed by atoms with Crippen LogP contribution < -0.4 is 0 Å². The van der Waals surface area contributed by atoms with E-state index in [0.717, 1.165) is 44.9 Å². The Hall–Kier alpha value is -1.06. The van der Waals surface area contributed by atoms with Gasteiger partial charge in [0.05, 0.1) is 0 Å². The average molecular weight is 483 g/mol. The summed E-state index contributed by atoms with van der Waals surface area (Å²) in [6.45, 7) is 4.52. The van der Waals surface area contributed by atoms with E-state index in [1.54, 1.807) is 0 Å². The number of carboxylic acids is 1. The van der Waals surface area contributed by atoms with Crippen molar-refractivity contribution in [3.63, 3.8) is 0 Å². The molecule has 0 aromatic carbocycles. The second kappa shape index (κ2) is 26.5. The minimum absolute atomic E-state index is 0.0327. The van der Waals surface area contributed by atoms with Gasteiger partial charge in [-0.25, -0.2) is 0 Å². The number of esters is 1. The molecule has 4 nitrogen and oxygen atoms in total. The summed E-state index contributed by atoms with van der Waals surface area (Å²) in [6.07, 6.45) is 28.4. The van der Waals surface area contributed by atoms with Gasteiger partial charge in [0.25, 0.3) is 0 Å². The topological polar surface area (TPSA) is 63.6 Å². The maximum atomic E-state index is 12.4. The Balaban J connectivity index is 4.05. The molecular weight excluding hydrogens is 424 g/mol. The molecule has 0 saturated heterocycles. The van der Waals surface area contributed by atoms with Gasteiger partial charge >= 0.3 is 11.9 Å². The van der Waals surface area contributed by atoms with E-state index in [4.69, 9.17) is 9.84 Å². The Morgan fingerprint density at radius 2 is 0.882 bits per heavy atom. The van der Waals surface area contributed by atoms with Gasteiger partial charge in [0.1, 0.15) is 6.10 Å². The first kappa shape index (κ1) is 32.9. The van der Waals surface area contributed by atoms with Crippen molar-refractivity contribution in [1.82, 2.24) is 0 Å². The zero-order chi connectivity index (χ0) is 25.1. The summed E-state index contributed by atoms with van der Waals surface area (Å²) in [5, 5.41) is 8.68. The highest BCUT2D eigenvalue weighted by Crippen LogP contribution is 2.18. The minimum atomic E-state index is -0.720.